The van der Waals surface area contributed by atoms with Gasteiger partial charge < -0.3 is 15.2 Å². The first-order chi connectivity index (χ1) is 21.6. The molecule has 2 heterocycles. The fourth-order valence-corrected chi connectivity index (χ4v) is 4.39. The van der Waals surface area contributed by atoms with E-state index in [1.807, 2.05) is 0 Å². The second-order valence-corrected chi connectivity index (χ2v) is 11.3. The predicted octanol–water partition coefficient (Wildman–Crippen LogP) is 7.80. The molecule has 240 valence electrons. The van der Waals surface area contributed by atoms with E-state index < -0.39 is 35.4 Å². The van der Waals surface area contributed by atoms with Crippen molar-refractivity contribution in [2.75, 3.05) is 22.1 Å². The molecule has 0 aliphatic heterocycles. The molecule has 0 unspecified atom stereocenters. The zero-order valence-corrected chi connectivity index (χ0v) is 25.5. The summed E-state index contributed by atoms with van der Waals surface area (Å²) < 4.78 is 44.3. The van der Waals surface area contributed by atoms with Crippen molar-refractivity contribution >= 4 is 35.4 Å². The highest BCUT2D eigenvalue weighted by atomic mass is 19.4. The second kappa shape index (κ2) is 13.7. The molecule has 46 heavy (non-hydrogen) atoms. The number of carboxylic acid groups (broad SMARTS) is 1. The lowest BCUT2D eigenvalue weighted by molar-refractivity contribution is -0.137. The van der Waals surface area contributed by atoms with Crippen LogP contribution in [-0.2, 0) is 17.3 Å². The Hall–Kier alpha value is -5.46. The van der Waals surface area contributed by atoms with Crippen LogP contribution in [0.4, 0.5) is 40.1 Å². The molecule has 0 aliphatic carbocycles. The number of halogens is 3. The zero-order chi connectivity index (χ0) is 33.6. The van der Waals surface area contributed by atoms with E-state index in [-0.39, 0.29) is 35.9 Å². The van der Waals surface area contributed by atoms with Gasteiger partial charge in [0.2, 0.25) is 0 Å². The maximum Gasteiger partial charge on any atom is 0.416 e. The number of nitrogens with zero attached hydrogens (tertiary/aromatic N) is 3. The van der Waals surface area contributed by atoms with Crippen molar-refractivity contribution in [3.63, 3.8) is 0 Å². The average Bonchev–Trinajstić information content (AvgIpc) is 2.96. The van der Waals surface area contributed by atoms with Crippen LogP contribution in [-0.4, -0.2) is 45.3 Å². The number of anilines is 3. The summed E-state index contributed by atoms with van der Waals surface area (Å²) in [6.07, 6.45) is -4.90. The Balaban J connectivity index is 1.44. The molecule has 0 spiro atoms. The minimum atomic E-state index is -4.48. The number of benzene rings is 2. The van der Waals surface area contributed by atoms with E-state index in [2.05, 4.69) is 20.6 Å². The van der Waals surface area contributed by atoms with Crippen LogP contribution in [0.3, 0.4) is 0 Å². The third-order valence-corrected chi connectivity index (χ3v) is 6.48. The minimum Gasteiger partial charge on any atom is -0.465 e. The Morgan fingerprint density at radius 1 is 0.935 bits per heavy atom. The highest BCUT2D eigenvalue weighted by molar-refractivity contribution is 6.09. The van der Waals surface area contributed by atoms with E-state index in [1.165, 1.54) is 30.5 Å². The van der Waals surface area contributed by atoms with Gasteiger partial charge in [-0.2, -0.15) is 13.2 Å². The molecule has 0 bridgehead atoms. The number of ether oxygens (including phenoxy) is 1. The first-order valence-electron chi connectivity index (χ1n) is 14.1. The molecule has 4 rings (SSSR count). The SMILES string of the molecule is Cc1ccc(-c2ccc(C(F)(F)F)cc2)c(C(=O)Nc2ccc(N(CCc3cccc(NC(=O)OC(C)(C)C)n3)C(=O)O)nc2)c1. The Morgan fingerprint density at radius 3 is 2.26 bits per heavy atom. The van der Waals surface area contributed by atoms with Gasteiger partial charge in [0.1, 0.15) is 17.2 Å². The smallest absolute Gasteiger partial charge is 0.416 e. The first-order valence-corrected chi connectivity index (χ1v) is 14.1. The lowest BCUT2D eigenvalue weighted by Gasteiger charge is -2.20. The van der Waals surface area contributed by atoms with Gasteiger partial charge in [-0.25, -0.2) is 19.6 Å². The van der Waals surface area contributed by atoms with Gasteiger partial charge in [-0.15, -0.1) is 0 Å². The fourth-order valence-electron chi connectivity index (χ4n) is 4.39. The standard InChI is InChI=1S/C33H32F3N5O5/c1-20-8-14-25(21-9-11-22(12-10-21)33(34,35)36)26(18-20)29(42)39-24-13-15-28(37-19-24)41(31(44)45)17-16-23-6-5-7-27(38-23)40-30(43)46-32(2,3)4/h5-15,18-19H,16-17H2,1-4H3,(H,39,42)(H,44,45)(H,38,40,43). The monoisotopic (exact) mass is 635 g/mol. The summed E-state index contributed by atoms with van der Waals surface area (Å²) in [7, 11) is 0. The largest absolute Gasteiger partial charge is 0.465 e. The van der Waals surface area contributed by atoms with Crippen molar-refractivity contribution in [2.24, 2.45) is 0 Å². The van der Waals surface area contributed by atoms with E-state index in [4.69, 9.17) is 4.74 Å². The van der Waals surface area contributed by atoms with Crippen LogP contribution >= 0.6 is 0 Å². The molecule has 3 amide bonds. The molecule has 10 nitrogen and oxygen atoms in total. The first kappa shape index (κ1) is 33.4. The van der Waals surface area contributed by atoms with Crippen molar-refractivity contribution in [1.82, 2.24) is 9.97 Å². The van der Waals surface area contributed by atoms with Gasteiger partial charge in [0.15, 0.2) is 0 Å². The summed E-state index contributed by atoms with van der Waals surface area (Å²) in [4.78, 5) is 47.0. The Labute approximate surface area is 263 Å². The number of aryl methyl sites for hydroxylation is 1. The molecule has 4 aromatic rings. The summed E-state index contributed by atoms with van der Waals surface area (Å²) in [6, 6.07) is 17.5. The Morgan fingerprint density at radius 2 is 1.65 bits per heavy atom. The number of carbonyl (C=O) groups excluding carboxylic acids is 2. The van der Waals surface area contributed by atoms with Crippen LogP contribution in [0.5, 0.6) is 0 Å². The molecular weight excluding hydrogens is 603 g/mol. The van der Waals surface area contributed by atoms with Gasteiger partial charge in [-0.1, -0.05) is 35.9 Å². The molecule has 0 saturated carbocycles. The number of alkyl halides is 3. The maximum atomic E-state index is 13.3. The van der Waals surface area contributed by atoms with Gasteiger partial charge >= 0.3 is 18.4 Å². The van der Waals surface area contributed by atoms with E-state index in [9.17, 15) is 32.7 Å². The summed E-state index contributed by atoms with van der Waals surface area (Å²) in [5.74, 6) is -0.161. The minimum absolute atomic E-state index is 0.00326. The zero-order valence-electron chi connectivity index (χ0n) is 25.5. The number of carbonyl (C=O) groups is 3. The highest BCUT2D eigenvalue weighted by Crippen LogP contribution is 2.32. The van der Waals surface area contributed by atoms with E-state index in [1.54, 1.807) is 64.1 Å². The molecule has 0 saturated heterocycles. The molecular formula is C33H32F3N5O5. The van der Waals surface area contributed by atoms with Crippen LogP contribution in [0, 0.1) is 6.92 Å². The molecule has 0 radical (unpaired) electrons. The average molecular weight is 636 g/mol. The normalized spacial score (nSPS) is 11.5. The second-order valence-electron chi connectivity index (χ2n) is 11.3. The van der Waals surface area contributed by atoms with E-state index in [0.29, 0.717) is 16.8 Å². The van der Waals surface area contributed by atoms with Crippen molar-refractivity contribution in [2.45, 2.75) is 45.9 Å². The van der Waals surface area contributed by atoms with E-state index in [0.717, 1.165) is 22.6 Å². The summed E-state index contributed by atoms with van der Waals surface area (Å²) in [6.45, 7) is 6.98. The topological polar surface area (TPSA) is 134 Å². The molecule has 2 aromatic carbocycles. The molecule has 3 N–H and O–H groups in total. The molecule has 0 aliphatic rings. The van der Waals surface area contributed by atoms with Crippen molar-refractivity contribution in [3.05, 3.63) is 101 Å². The summed E-state index contributed by atoms with van der Waals surface area (Å²) in [5, 5.41) is 15.1. The van der Waals surface area contributed by atoms with Gasteiger partial charge in [-0.05, 0) is 81.3 Å². The van der Waals surface area contributed by atoms with Crippen molar-refractivity contribution in [3.8, 4) is 11.1 Å². The Bertz CT molecular complexity index is 1720. The van der Waals surface area contributed by atoms with E-state index >= 15 is 0 Å². The predicted molar refractivity (Wildman–Crippen MR) is 167 cm³/mol. The number of pyridine rings is 2. The van der Waals surface area contributed by atoms with Crippen LogP contribution in [0.15, 0.2) is 79.0 Å². The maximum absolute atomic E-state index is 13.3. The Kier molecular flexibility index (Phi) is 9.94. The highest BCUT2D eigenvalue weighted by Gasteiger charge is 2.30. The lowest BCUT2D eigenvalue weighted by atomic mass is 9.96. The number of nitrogens with one attached hydrogen (secondary N) is 2. The summed E-state index contributed by atoms with van der Waals surface area (Å²) in [5.41, 5.74) is 1.21. The third-order valence-electron chi connectivity index (χ3n) is 6.48. The molecule has 2 aromatic heterocycles. The lowest BCUT2D eigenvalue weighted by Crippen LogP contribution is -2.32. The van der Waals surface area contributed by atoms with Crippen LogP contribution in [0.25, 0.3) is 11.1 Å². The van der Waals surface area contributed by atoms with Crippen LogP contribution in [0.1, 0.15) is 48.0 Å². The number of amides is 3. The van der Waals surface area contributed by atoms with Crippen molar-refractivity contribution < 1.29 is 37.4 Å². The number of hydrogen-bond donors (Lipinski definition) is 3. The van der Waals surface area contributed by atoms with Gasteiger partial charge in [0.05, 0.1) is 17.4 Å². The van der Waals surface area contributed by atoms with Crippen LogP contribution in [0.2, 0.25) is 0 Å². The van der Waals surface area contributed by atoms with Gasteiger partial charge in [-0.3, -0.25) is 15.0 Å². The van der Waals surface area contributed by atoms with Gasteiger partial charge in [0, 0.05) is 24.2 Å². The number of aromatic nitrogens is 2. The third kappa shape index (κ3) is 9.03. The quantitative estimate of drug-likeness (QED) is 0.180. The molecule has 0 fully saturated rings. The van der Waals surface area contributed by atoms with Gasteiger partial charge in [0.25, 0.3) is 5.91 Å². The summed E-state index contributed by atoms with van der Waals surface area (Å²) >= 11 is 0. The number of hydrogen-bond acceptors (Lipinski definition) is 6. The van der Waals surface area contributed by atoms with Crippen LogP contribution < -0.4 is 15.5 Å². The van der Waals surface area contributed by atoms with Crippen molar-refractivity contribution in [1.29, 1.82) is 0 Å². The molecule has 13 heteroatoms. The molecule has 0 atom stereocenters. The number of rotatable bonds is 8. The fraction of sp³-hybridized carbons (Fsp3) is 0.242.